The van der Waals surface area contributed by atoms with Crippen molar-refractivity contribution in [1.29, 1.82) is 0 Å². The molecule has 0 aromatic heterocycles. The van der Waals surface area contributed by atoms with Crippen molar-refractivity contribution in [3.63, 3.8) is 0 Å². The zero-order valence-corrected chi connectivity index (χ0v) is 12.8. The average molecular weight is 308 g/mol. The Balaban J connectivity index is 2.00. The highest BCUT2D eigenvalue weighted by atomic mass is 35.5. The molecule has 2 aromatic rings. The van der Waals surface area contributed by atoms with Gasteiger partial charge in [-0.2, -0.15) is 0 Å². The lowest BCUT2D eigenvalue weighted by atomic mass is 10.1. The predicted octanol–water partition coefficient (Wildman–Crippen LogP) is 4.21. The molecule has 0 radical (unpaired) electrons. The van der Waals surface area contributed by atoms with Gasteiger partial charge in [0.15, 0.2) is 0 Å². The first-order valence-corrected chi connectivity index (χ1v) is 7.44. The van der Waals surface area contributed by atoms with Crippen LogP contribution >= 0.6 is 11.6 Å². The normalized spacial score (nSPS) is 10.6. The van der Waals surface area contributed by atoms with Crippen LogP contribution in [0, 0.1) is 5.82 Å². The second-order valence-electron chi connectivity index (χ2n) is 4.74. The van der Waals surface area contributed by atoms with E-state index in [9.17, 15) is 4.39 Å². The average Bonchev–Trinajstić information content (AvgIpc) is 2.50. The lowest BCUT2D eigenvalue weighted by Gasteiger charge is -2.11. The van der Waals surface area contributed by atoms with Crippen molar-refractivity contribution in [2.24, 2.45) is 0 Å². The van der Waals surface area contributed by atoms with E-state index in [0.717, 1.165) is 25.1 Å². The number of hydrogen-bond donors (Lipinski definition) is 1. The standard InChI is InChI=1S/C17H19ClFNO/c1-2-20-10-9-13-5-3-4-6-14(13)12-21-15-7-8-16(18)17(19)11-15/h3-8,11,20H,2,9-10,12H2,1H3. The number of benzene rings is 2. The molecule has 4 heteroatoms. The highest BCUT2D eigenvalue weighted by molar-refractivity contribution is 6.30. The van der Waals surface area contributed by atoms with E-state index >= 15 is 0 Å². The molecule has 0 aliphatic carbocycles. The Hall–Kier alpha value is -1.58. The predicted molar refractivity (Wildman–Crippen MR) is 84.4 cm³/mol. The number of nitrogens with one attached hydrogen (secondary N) is 1. The van der Waals surface area contributed by atoms with E-state index < -0.39 is 5.82 Å². The van der Waals surface area contributed by atoms with Crippen LogP contribution in [0.3, 0.4) is 0 Å². The van der Waals surface area contributed by atoms with Gasteiger partial charge in [-0.05, 0) is 42.8 Å². The number of rotatable bonds is 7. The largest absolute Gasteiger partial charge is 0.489 e. The van der Waals surface area contributed by atoms with Crippen LogP contribution in [0.2, 0.25) is 5.02 Å². The second-order valence-corrected chi connectivity index (χ2v) is 5.14. The van der Waals surface area contributed by atoms with Crippen molar-refractivity contribution in [1.82, 2.24) is 5.32 Å². The smallest absolute Gasteiger partial charge is 0.145 e. The molecule has 0 unspecified atom stereocenters. The first-order valence-electron chi connectivity index (χ1n) is 7.06. The third-order valence-corrected chi connectivity index (χ3v) is 3.53. The minimum absolute atomic E-state index is 0.105. The van der Waals surface area contributed by atoms with Crippen LogP contribution in [0.4, 0.5) is 4.39 Å². The maximum Gasteiger partial charge on any atom is 0.145 e. The Kier molecular flexibility index (Phi) is 6.03. The van der Waals surface area contributed by atoms with Gasteiger partial charge in [-0.1, -0.05) is 42.8 Å². The Labute approximate surface area is 129 Å². The lowest BCUT2D eigenvalue weighted by Crippen LogP contribution is -2.17. The molecule has 2 rings (SSSR count). The van der Waals surface area contributed by atoms with E-state index in [1.165, 1.54) is 17.7 Å². The summed E-state index contributed by atoms with van der Waals surface area (Å²) in [6.45, 7) is 4.40. The SMILES string of the molecule is CCNCCc1ccccc1COc1ccc(Cl)c(F)c1. The van der Waals surface area contributed by atoms with Crippen molar-refractivity contribution in [3.05, 3.63) is 64.4 Å². The van der Waals surface area contributed by atoms with Crippen LogP contribution in [0.1, 0.15) is 18.1 Å². The molecule has 0 atom stereocenters. The monoisotopic (exact) mass is 307 g/mol. The zero-order valence-electron chi connectivity index (χ0n) is 12.0. The van der Waals surface area contributed by atoms with Gasteiger partial charge in [0.05, 0.1) is 5.02 Å². The summed E-state index contributed by atoms with van der Waals surface area (Å²) in [7, 11) is 0. The topological polar surface area (TPSA) is 21.3 Å². The van der Waals surface area contributed by atoms with Gasteiger partial charge in [-0.15, -0.1) is 0 Å². The first-order chi connectivity index (χ1) is 10.2. The van der Waals surface area contributed by atoms with E-state index in [-0.39, 0.29) is 5.02 Å². The molecular weight excluding hydrogens is 289 g/mol. The third kappa shape index (κ3) is 4.73. The van der Waals surface area contributed by atoms with Crippen LogP contribution in [0.25, 0.3) is 0 Å². The van der Waals surface area contributed by atoms with E-state index in [1.54, 1.807) is 6.07 Å². The Morgan fingerprint density at radius 1 is 1.14 bits per heavy atom. The van der Waals surface area contributed by atoms with Gasteiger partial charge in [0, 0.05) is 6.07 Å². The van der Waals surface area contributed by atoms with Crippen LogP contribution in [0.15, 0.2) is 42.5 Å². The molecule has 112 valence electrons. The number of hydrogen-bond acceptors (Lipinski definition) is 2. The maximum atomic E-state index is 13.4. The van der Waals surface area contributed by atoms with Gasteiger partial charge in [0.2, 0.25) is 0 Å². The molecule has 0 aliphatic heterocycles. The van der Waals surface area contributed by atoms with Crippen LogP contribution in [-0.4, -0.2) is 13.1 Å². The molecule has 0 fully saturated rings. The quantitative estimate of drug-likeness (QED) is 0.774. The van der Waals surface area contributed by atoms with Crippen LogP contribution in [0.5, 0.6) is 5.75 Å². The molecule has 21 heavy (non-hydrogen) atoms. The van der Waals surface area contributed by atoms with Gasteiger partial charge in [0.1, 0.15) is 18.2 Å². The van der Waals surface area contributed by atoms with Crippen LogP contribution in [-0.2, 0) is 13.0 Å². The lowest BCUT2D eigenvalue weighted by molar-refractivity contribution is 0.303. The van der Waals surface area contributed by atoms with Gasteiger partial charge >= 0.3 is 0 Å². The molecule has 2 nitrogen and oxygen atoms in total. The summed E-state index contributed by atoms with van der Waals surface area (Å²) in [5.41, 5.74) is 2.36. The summed E-state index contributed by atoms with van der Waals surface area (Å²) in [5, 5.41) is 3.41. The molecule has 0 spiro atoms. The van der Waals surface area contributed by atoms with E-state index in [0.29, 0.717) is 12.4 Å². The van der Waals surface area contributed by atoms with Crippen molar-refractivity contribution in [2.75, 3.05) is 13.1 Å². The number of ether oxygens (including phenoxy) is 1. The molecule has 1 N–H and O–H groups in total. The first kappa shape index (κ1) is 15.8. The molecule has 0 aliphatic rings. The number of likely N-dealkylation sites (N-methyl/N-ethyl adjacent to an activating group) is 1. The zero-order chi connectivity index (χ0) is 15.1. The van der Waals surface area contributed by atoms with E-state index in [4.69, 9.17) is 16.3 Å². The third-order valence-electron chi connectivity index (χ3n) is 3.22. The molecular formula is C17H19ClFNO. The second kappa shape index (κ2) is 8.01. The van der Waals surface area contributed by atoms with Crippen molar-refractivity contribution >= 4 is 11.6 Å². The fourth-order valence-electron chi connectivity index (χ4n) is 2.07. The minimum Gasteiger partial charge on any atom is -0.489 e. The maximum absolute atomic E-state index is 13.4. The number of halogens is 2. The van der Waals surface area contributed by atoms with Gasteiger partial charge in [-0.3, -0.25) is 0 Å². The molecule has 2 aromatic carbocycles. The Morgan fingerprint density at radius 2 is 1.90 bits per heavy atom. The molecule has 0 amide bonds. The van der Waals surface area contributed by atoms with Crippen molar-refractivity contribution in [2.45, 2.75) is 20.0 Å². The summed E-state index contributed by atoms with van der Waals surface area (Å²) in [6, 6.07) is 12.6. The highest BCUT2D eigenvalue weighted by Crippen LogP contribution is 2.21. The Morgan fingerprint density at radius 3 is 2.62 bits per heavy atom. The highest BCUT2D eigenvalue weighted by Gasteiger charge is 2.05. The summed E-state index contributed by atoms with van der Waals surface area (Å²) in [6.07, 6.45) is 0.947. The van der Waals surface area contributed by atoms with Gasteiger partial charge in [-0.25, -0.2) is 4.39 Å². The van der Waals surface area contributed by atoms with Gasteiger partial charge < -0.3 is 10.1 Å². The molecule has 0 saturated carbocycles. The fraction of sp³-hybridized carbons (Fsp3) is 0.294. The Bertz CT molecular complexity index is 589. The minimum atomic E-state index is -0.463. The van der Waals surface area contributed by atoms with E-state index in [1.807, 2.05) is 18.2 Å². The fourth-order valence-corrected chi connectivity index (χ4v) is 2.19. The molecule has 0 saturated heterocycles. The van der Waals surface area contributed by atoms with E-state index in [2.05, 4.69) is 18.3 Å². The summed E-state index contributed by atoms with van der Waals surface area (Å²) in [4.78, 5) is 0. The molecule has 0 heterocycles. The van der Waals surface area contributed by atoms with Gasteiger partial charge in [0.25, 0.3) is 0 Å². The summed E-state index contributed by atoms with van der Waals surface area (Å²) in [5.74, 6) is 0.0213. The summed E-state index contributed by atoms with van der Waals surface area (Å²) < 4.78 is 19.0. The summed E-state index contributed by atoms with van der Waals surface area (Å²) >= 11 is 5.66. The van der Waals surface area contributed by atoms with Crippen molar-refractivity contribution < 1.29 is 9.13 Å². The molecule has 0 bridgehead atoms. The van der Waals surface area contributed by atoms with Crippen molar-refractivity contribution in [3.8, 4) is 5.75 Å². The van der Waals surface area contributed by atoms with Crippen LogP contribution < -0.4 is 10.1 Å².